The van der Waals surface area contributed by atoms with Gasteiger partial charge in [0.25, 0.3) is 0 Å². The smallest absolute Gasteiger partial charge is 0.122 e. The summed E-state index contributed by atoms with van der Waals surface area (Å²) in [7, 11) is 0. The van der Waals surface area contributed by atoms with Crippen molar-refractivity contribution in [2.45, 2.75) is 32.6 Å². The van der Waals surface area contributed by atoms with Crippen LogP contribution in [-0.4, -0.2) is 10.1 Å². The number of fused-ring (bicyclic) bond motifs is 1. The summed E-state index contributed by atoms with van der Waals surface area (Å²) >= 11 is 0. The van der Waals surface area contributed by atoms with Gasteiger partial charge in [0.1, 0.15) is 5.75 Å². The highest BCUT2D eigenvalue weighted by atomic mass is 16.3. The first-order valence-corrected chi connectivity index (χ1v) is 4.85. The highest BCUT2D eigenvalue weighted by molar-refractivity contribution is 5.39. The van der Waals surface area contributed by atoms with E-state index in [0.29, 0.717) is 17.6 Å². The van der Waals surface area contributed by atoms with Crippen LogP contribution in [0.2, 0.25) is 0 Å². The average molecular weight is 177 g/mol. The summed E-state index contributed by atoms with van der Waals surface area (Å²) in [5, 5.41) is 9.67. The standard InChI is InChI=1S/C11H15NO/c1-7-5-8(2)11-9(6-7)12-4-3-10(11)13/h3-4,7-8H,5-6H2,1-2H3,(H,12,13)/t7-,8+/m0/s1. The Hall–Kier alpha value is -1.05. The molecule has 0 saturated carbocycles. The first kappa shape index (κ1) is 8.54. The van der Waals surface area contributed by atoms with Crippen LogP contribution in [0.25, 0.3) is 0 Å². The Balaban J connectivity index is 2.49. The van der Waals surface area contributed by atoms with Crippen molar-refractivity contribution in [3.8, 4) is 5.75 Å². The SMILES string of the molecule is C[C@@H]1Cc2nccc(O)c2[C@H](C)C1. The van der Waals surface area contributed by atoms with Gasteiger partial charge in [0.15, 0.2) is 0 Å². The molecular weight excluding hydrogens is 162 g/mol. The molecule has 0 saturated heterocycles. The summed E-state index contributed by atoms with van der Waals surface area (Å²) in [5.41, 5.74) is 2.16. The highest BCUT2D eigenvalue weighted by Gasteiger charge is 2.24. The lowest BCUT2D eigenvalue weighted by Crippen LogP contribution is -2.16. The lowest BCUT2D eigenvalue weighted by Gasteiger charge is -2.26. The third kappa shape index (κ3) is 1.41. The molecule has 0 fully saturated rings. The van der Waals surface area contributed by atoms with Crippen molar-refractivity contribution >= 4 is 0 Å². The largest absolute Gasteiger partial charge is 0.508 e. The van der Waals surface area contributed by atoms with Gasteiger partial charge in [-0.3, -0.25) is 4.98 Å². The van der Waals surface area contributed by atoms with Gasteiger partial charge in [-0.15, -0.1) is 0 Å². The van der Waals surface area contributed by atoms with Crippen molar-refractivity contribution in [3.63, 3.8) is 0 Å². The molecule has 0 aromatic carbocycles. The fourth-order valence-electron chi connectivity index (χ4n) is 2.34. The van der Waals surface area contributed by atoms with Crippen molar-refractivity contribution in [1.82, 2.24) is 4.98 Å². The molecule has 1 heterocycles. The molecule has 1 N–H and O–H groups in total. The van der Waals surface area contributed by atoms with E-state index in [0.717, 1.165) is 24.1 Å². The van der Waals surface area contributed by atoms with Gasteiger partial charge >= 0.3 is 0 Å². The van der Waals surface area contributed by atoms with E-state index in [2.05, 4.69) is 18.8 Å². The quantitative estimate of drug-likeness (QED) is 0.660. The van der Waals surface area contributed by atoms with Crippen LogP contribution in [0.15, 0.2) is 12.3 Å². The molecule has 1 aliphatic carbocycles. The van der Waals surface area contributed by atoms with Crippen LogP contribution in [0.3, 0.4) is 0 Å². The van der Waals surface area contributed by atoms with Crippen LogP contribution in [0, 0.1) is 5.92 Å². The van der Waals surface area contributed by atoms with Gasteiger partial charge in [-0.05, 0) is 30.7 Å². The predicted molar refractivity (Wildman–Crippen MR) is 51.8 cm³/mol. The second kappa shape index (κ2) is 3.02. The van der Waals surface area contributed by atoms with Gasteiger partial charge in [0.05, 0.1) is 0 Å². The molecule has 0 spiro atoms. The van der Waals surface area contributed by atoms with Gasteiger partial charge in [-0.1, -0.05) is 13.8 Å². The number of aromatic hydroxyl groups is 1. The van der Waals surface area contributed by atoms with E-state index in [1.165, 1.54) is 0 Å². The fourth-order valence-corrected chi connectivity index (χ4v) is 2.34. The molecule has 0 aliphatic heterocycles. The van der Waals surface area contributed by atoms with Crippen LogP contribution < -0.4 is 0 Å². The van der Waals surface area contributed by atoms with Crippen molar-refractivity contribution in [2.75, 3.05) is 0 Å². The molecule has 1 aromatic rings. The minimum Gasteiger partial charge on any atom is -0.508 e. The Kier molecular flexibility index (Phi) is 1.98. The molecule has 2 nitrogen and oxygen atoms in total. The number of nitrogens with zero attached hydrogens (tertiary/aromatic N) is 1. The zero-order valence-corrected chi connectivity index (χ0v) is 8.12. The third-order valence-corrected chi connectivity index (χ3v) is 2.84. The van der Waals surface area contributed by atoms with Gasteiger partial charge in [0.2, 0.25) is 0 Å². The van der Waals surface area contributed by atoms with Crippen molar-refractivity contribution < 1.29 is 5.11 Å². The maximum absolute atomic E-state index is 9.67. The Bertz CT molecular complexity index is 322. The van der Waals surface area contributed by atoms with Crippen LogP contribution in [0.4, 0.5) is 0 Å². The van der Waals surface area contributed by atoms with E-state index in [4.69, 9.17) is 0 Å². The zero-order chi connectivity index (χ0) is 9.42. The average Bonchev–Trinajstić information content (AvgIpc) is 2.02. The Morgan fingerprint density at radius 3 is 3.00 bits per heavy atom. The van der Waals surface area contributed by atoms with Gasteiger partial charge in [-0.25, -0.2) is 0 Å². The van der Waals surface area contributed by atoms with E-state index in [1.807, 2.05) is 0 Å². The predicted octanol–water partition coefficient (Wildman–Crippen LogP) is 2.47. The molecule has 0 amide bonds. The molecule has 1 aromatic heterocycles. The normalized spacial score (nSPS) is 26.9. The first-order chi connectivity index (χ1) is 6.18. The zero-order valence-electron chi connectivity index (χ0n) is 8.12. The molecule has 1 aliphatic rings. The van der Waals surface area contributed by atoms with Gasteiger partial charge < -0.3 is 5.11 Å². The van der Waals surface area contributed by atoms with E-state index in [1.54, 1.807) is 12.3 Å². The number of pyridine rings is 1. The van der Waals surface area contributed by atoms with E-state index in [9.17, 15) is 5.11 Å². The Morgan fingerprint density at radius 2 is 2.23 bits per heavy atom. The molecule has 0 radical (unpaired) electrons. The molecule has 70 valence electrons. The van der Waals surface area contributed by atoms with Crippen LogP contribution in [0.5, 0.6) is 5.75 Å². The molecular formula is C11H15NO. The topological polar surface area (TPSA) is 33.1 Å². The molecule has 0 unspecified atom stereocenters. The summed E-state index contributed by atoms with van der Waals surface area (Å²) in [6.07, 6.45) is 3.86. The molecule has 2 atom stereocenters. The van der Waals surface area contributed by atoms with Crippen LogP contribution in [-0.2, 0) is 6.42 Å². The number of hydrogen-bond acceptors (Lipinski definition) is 2. The highest BCUT2D eigenvalue weighted by Crippen LogP contribution is 2.37. The maximum atomic E-state index is 9.67. The lowest BCUT2D eigenvalue weighted by molar-refractivity contribution is 0.408. The van der Waals surface area contributed by atoms with E-state index < -0.39 is 0 Å². The summed E-state index contributed by atoms with van der Waals surface area (Å²) in [4.78, 5) is 4.32. The number of hydrogen-bond donors (Lipinski definition) is 1. The second-order valence-electron chi connectivity index (χ2n) is 4.14. The van der Waals surface area contributed by atoms with E-state index in [-0.39, 0.29) is 0 Å². The van der Waals surface area contributed by atoms with E-state index >= 15 is 0 Å². The second-order valence-corrected chi connectivity index (χ2v) is 4.14. The summed E-state index contributed by atoms with van der Waals surface area (Å²) in [6, 6.07) is 1.69. The molecule has 2 rings (SSSR count). The fraction of sp³-hybridized carbons (Fsp3) is 0.545. The summed E-state index contributed by atoms with van der Waals surface area (Å²) in [5.74, 6) is 1.56. The molecule has 13 heavy (non-hydrogen) atoms. The summed E-state index contributed by atoms with van der Waals surface area (Å²) in [6.45, 7) is 4.40. The van der Waals surface area contributed by atoms with Crippen molar-refractivity contribution in [3.05, 3.63) is 23.5 Å². The molecule has 0 bridgehead atoms. The van der Waals surface area contributed by atoms with Gasteiger partial charge in [0, 0.05) is 17.5 Å². The lowest BCUT2D eigenvalue weighted by atomic mass is 9.80. The first-order valence-electron chi connectivity index (χ1n) is 4.85. The Morgan fingerprint density at radius 1 is 1.46 bits per heavy atom. The maximum Gasteiger partial charge on any atom is 0.122 e. The number of rotatable bonds is 0. The van der Waals surface area contributed by atoms with Crippen LogP contribution >= 0.6 is 0 Å². The monoisotopic (exact) mass is 177 g/mol. The van der Waals surface area contributed by atoms with Crippen LogP contribution in [0.1, 0.15) is 37.4 Å². The summed E-state index contributed by atoms with van der Waals surface area (Å²) < 4.78 is 0. The number of aromatic nitrogens is 1. The minimum absolute atomic E-state index is 0.421. The van der Waals surface area contributed by atoms with Gasteiger partial charge in [-0.2, -0.15) is 0 Å². The van der Waals surface area contributed by atoms with Crippen molar-refractivity contribution in [2.24, 2.45) is 5.92 Å². The Labute approximate surface area is 78.6 Å². The minimum atomic E-state index is 0.421. The molecule has 2 heteroatoms. The third-order valence-electron chi connectivity index (χ3n) is 2.84. The van der Waals surface area contributed by atoms with Crippen molar-refractivity contribution in [1.29, 1.82) is 0 Å².